The molecule has 1 aromatic heterocycles. The Labute approximate surface area is 247 Å². The molecule has 1 heterocycles. The van der Waals surface area contributed by atoms with E-state index in [0.29, 0.717) is 24.0 Å². The van der Waals surface area contributed by atoms with Crippen molar-refractivity contribution in [3.63, 3.8) is 0 Å². The number of rotatable bonds is 22. The van der Waals surface area contributed by atoms with E-state index in [1.165, 1.54) is 88.8 Å². The Hall–Kier alpha value is -0.400. The number of nitrogens with zero attached hydrogens (tertiary/aromatic N) is 2. The van der Waals surface area contributed by atoms with E-state index in [0.717, 1.165) is 52.2 Å². The Balaban J connectivity index is 1.83. The number of benzene rings is 1. The Bertz CT molecular complexity index is 863. The highest BCUT2D eigenvalue weighted by atomic mass is 79.9. The zero-order valence-corrected chi connectivity index (χ0v) is 27.7. The first-order chi connectivity index (χ1) is 18.0. The normalized spacial score (nSPS) is 14.1. The molecule has 1 aromatic carbocycles. The Morgan fingerprint density at radius 2 is 1.43 bits per heavy atom. The highest BCUT2D eigenvalue weighted by molar-refractivity contribution is 9.10. The Morgan fingerprint density at radius 3 is 2.14 bits per heavy atom. The van der Waals surface area contributed by atoms with E-state index in [1.807, 2.05) is 6.07 Å². The lowest BCUT2D eigenvalue weighted by atomic mass is 9.90. The predicted molar refractivity (Wildman–Crippen MR) is 168 cm³/mol. The molecule has 0 aliphatic heterocycles. The number of ether oxygens (including phenoxy) is 2. The molecule has 0 spiro atoms. The van der Waals surface area contributed by atoms with Gasteiger partial charge in [0.25, 0.3) is 0 Å². The summed E-state index contributed by atoms with van der Waals surface area (Å²) < 4.78 is 22.4. The van der Waals surface area contributed by atoms with E-state index in [-0.39, 0.29) is 0 Å². The fraction of sp³-hybridized carbons (Fsp3) is 0.800. The molecule has 7 heteroatoms. The van der Waals surface area contributed by atoms with E-state index < -0.39 is 0 Å². The molecule has 0 N–H and O–H groups in total. The second-order valence-corrected chi connectivity index (χ2v) is 13.2. The van der Waals surface area contributed by atoms with Crippen LogP contribution < -0.4 is 9.47 Å². The molecule has 3 atom stereocenters. The number of aromatic nitrogens is 2. The van der Waals surface area contributed by atoms with Crippen molar-refractivity contribution in [2.24, 2.45) is 11.8 Å². The van der Waals surface area contributed by atoms with Gasteiger partial charge in [0.2, 0.25) is 0 Å². The van der Waals surface area contributed by atoms with E-state index in [1.54, 1.807) is 0 Å². The molecule has 37 heavy (non-hydrogen) atoms. The van der Waals surface area contributed by atoms with Gasteiger partial charge in [-0.2, -0.15) is 8.75 Å². The van der Waals surface area contributed by atoms with Crippen molar-refractivity contribution in [2.75, 3.05) is 13.2 Å². The van der Waals surface area contributed by atoms with Gasteiger partial charge in [-0.3, -0.25) is 0 Å². The highest BCUT2D eigenvalue weighted by Crippen LogP contribution is 2.39. The van der Waals surface area contributed by atoms with Crippen LogP contribution >= 0.6 is 43.6 Å². The molecular formula is C30H50Br2N2O2S. The topological polar surface area (TPSA) is 44.2 Å². The first kappa shape index (κ1) is 32.8. The fourth-order valence-electron chi connectivity index (χ4n) is 4.78. The highest BCUT2D eigenvalue weighted by Gasteiger charge is 2.18. The Morgan fingerprint density at radius 1 is 0.784 bits per heavy atom. The molecule has 2 aromatic rings. The summed E-state index contributed by atoms with van der Waals surface area (Å²) in [4.78, 5) is 0.534. The van der Waals surface area contributed by atoms with Gasteiger partial charge >= 0.3 is 0 Å². The van der Waals surface area contributed by atoms with Crippen molar-refractivity contribution in [3.8, 4) is 11.5 Å². The second-order valence-electron chi connectivity index (χ2n) is 10.6. The average Bonchev–Trinajstić information content (AvgIpc) is 3.40. The second kappa shape index (κ2) is 19.6. The smallest absolute Gasteiger partial charge is 0.190 e. The lowest BCUT2D eigenvalue weighted by Gasteiger charge is -2.18. The summed E-state index contributed by atoms with van der Waals surface area (Å²) in [5.74, 6) is 3.10. The van der Waals surface area contributed by atoms with Gasteiger partial charge in [-0.1, -0.05) is 121 Å². The molecule has 0 fully saturated rings. The molecule has 0 saturated carbocycles. The summed E-state index contributed by atoms with van der Waals surface area (Å²) in [5.41, 5.74) is 1.66. The molecule has 0 saturated heterocycles. The van der Waals surface area contributed by atoms with Gasteiger partial charge in [-0.15, -0.1) is 0 Å². The number of halogens is 2. The van der Waals surface area contributed by atoms with E-state index >= 15 is 0 Å². The van der Waals surface area contributed by atoms with Crippen molar-refractivity contribution in [2.45, 2.75) is 129 Å². The molecule has 212 valence electrons. The van der Waals surface area contributed by atoms with Gasteiger partial charge in [0, 0.05) is 10.9 Å². The molecule has 2 rings (SSSR count). The van der Waals surface area contributed by atoms with Gasteiger partial charge in [0.15, 0.2) is 17.0 Å². The van der Waals surface area contributed by atoms with Crippen molar-refractivity contribution in [3.05, 3.63) is 10.5 Å². The summed E-state index contributed by atoms with van der Waals surface area (Å²) in [7, 11) is 0. The summed E-state index contributed by atoms with van der Waals surface area (Å²) in [6.07, 6.45) is 19.2. The minimum absolute atomic E-state index is 0.534. The quantitative estimate of drug-likeness (QED) is 0.0930. The van der Waals surface area contributed by atoms with Crippen molar-refractivity contribution in [1.82, 2.24) is 8.75 Å². The average molecular weight is 663 g/mol. The van der Waals surface area contributed by atoms with E-state index in [2.05, 4.69) is 68.3 Å². The maximum atomic E-state index is 6.31. The van der Waals surface area contributed by atoms with Gasteiger partial charge in [0.1, 0.15) is 5.52 Å². The lowest BCUT2D eigenvalue weighted by molar-refractivity contribution is 0.258. The molecule has 0 aliphatic carbocycles. The van der Waals surface area contributed by atoms with Crippen LogP contribution in [0.1, 0.15) is 124 Å². The van der Waals surface area contributed by atoms with Crippen LogP contribution in [0.15, 0.2) is 10.5 Å². The third kappa shape index (κ3) is 12.1. The summed E-state index contributed by atoms with van der Waals surface area (Å²) in [6, 6.07) is 2.00. The van der Waals surface area contributed by atoms with Gasteiger partial charge < -0.3 is 9.47 Å². The first-order valence-electron chi connectivity index (χ1n) is 14.9. The third-order valence-corrected chi connectivity index (χ3v) is 9.98. The van der Waals surface area contributed by atoms with Crippen LogP contribution in [-0.2, 0) is 0 Å². The Kier molecular flexibility index (Phi) is 17.4. The maximum Gasteiger partial charge on any atom is 0.190 e. The zero-order valence-electron chi connectivity index (χ0n) is 23.7. The first-order valence-corrected chi connectivity index (χ1v) is 17.3. The minimum atomic E-state index is 0.534. The summed E-state index contributed by atoms with van der Waals surface area (Å²) in [5, 5.41) is 0. The van der Waals surface area contributed by atoms with Gasteiger partial charge in [-0.25, -0.2) is 0 Å². The van der Waals surface area contributed by atoms with Gasteiger partial charge in [0.05, 0.1) is 29.4 Å². The number of alkyl halides is 1. The SMILES string of the molecule is CCCCCCC(CCCC)CCCCCOc1c(OCCCC(Br)C(C)CC)cc(Br)c2nsnc12. The van der Waals surface area contributed by atoms with Crippen LogP contribution in [0, 0.1) is 11.8 Å². The van der Waals surface area contributed by atoms with E-state index in [4.69, 9.17) is 9.47 Å². The maximum absolute atomic E-state index is 6.31. The van der Waals surface area contributed by atoms with Gasteiger partial charge in [-0.05, 0) is 47.0 Å². The molecule has 0 bridgehead atoms. The third-order valence-electron chi connectivity index (χ3n) is 7.49. The lowest BCUT2D eigenvalue weighted by Crippen LogP contribution is -2.11. The number of hydrogen-bond donors (Lipinski definition) is 0. The molecule has 3 unspecified atom stereocenters. The molecule has 0 radical (unpaired) electrons. The van der Waals surface area contributed by atoms with Crippen molar-refractivity contribution < 1.29 is 9.47 Å². The van der Waals surface area contributed by atoms with Crippen LogP contribution in [0.4, 0.5) is 0 Å². The summed E-state index contributed by atoms with van der Waals surface area (Å²) >= 11 is 8.70. The van der Waals surface area contributed by atoms with Crippen LogP contribution in [0.25, 0.3) is 11.0 Å². The van der Waals surface area contributed by atoms with Crippen molar-refractivity contribution >= 4 is 54.6 Å². The number of fused-ring (bicyclic) bond motifs is 1. The van der Waals surface area contributed by atoms with Crippen LogP contribution in [-0.4, -0.2) is 26.8 Å². The van der Waals surface area contributed by atoms with Crippen LogP contribution in [0.2, 0.25) is 0 Å². The zero-order chi connectivity index (χ0) is 26.9. The largest absolute Gasteiger partial charge is 0.490 e. The monoisotopic (exact) mass is 660 g/mol. The van der Waals surface area contributed by atoms with Crippen LogP contribution in [0.5, 0.6) is 11.5 Å². The minimum Gasteiger partial charge on any atom is -0.490 e. The van der Waals surface area contributed by atoms with Crippen molar-refractivity contribution in [1.29, 1.82) is 0 Å². The standard InChI is InChI=1S/C30H50Br2N2O2S/c1-5-8-10-12-17-24(16-9-6-2)18-13-11-14-20-36-30-27(22-26(32)28-29(30)34-37-33-28)35-21-15-19-25(31)23(4)7-3/h22-25H,5-21H2,1-4H3. The fourth-order valence-corrected chi connectivity index (χ4v) is 6.64. The molecule has 0 amide bonds. The summed E-state index contributed by atoms with van der Waals surface area (Å²) in [6.45, 7) is 10.5. The van der Waals surface area contributed by atoms with E-state index in [9.17, 15) is 0 Å². The number of hydrogen-bond acceptors (Lipinski definition) is 5. The number of unbranched alkanes of at least 4 members (excludes halogenated alkanes) is 6. The molecule has 4 nitrogen and oxygen atoms in total. The predicted octanol–water partition coefficient (Wildman–Crippen LogP) is 11.1. The molecular weight excluding hydrogens is 612 g/mol. The molecule has 0 aliphatic rings. The van der Waals surface area contributed by atoms with Crippen LogP contribution in [0.3, 0.4) is 0 Å².